The van der Waals surface area contributed by atoms with Crippen molar-refractivity contribution in [1.82, 2.24) is 0 Å². The van der Waals surface area contributed by atoms with E-state index >= 15 is 0 Å². The Labute approximate surface area is 72.4 Å². The van der Waals surface area contributed by atoms with Crippen LogP contribution in [0.1, 0.15) is 6.42 Å². The maximum absolute atomic E-state index is 10.6. The molecule has 1 rings (SSSR count). The maximum atomic E-state index is 10.6. The molecule has 1 aliphatic heterocycles. The second kappa shape index (κ2) is 3.26. The van der Waals surface area contributed by atoms with Gasteiger partial charge in [-0.15, -0.1) is 0 Å². The molecule has 6 nitrogen and oxygen atoms in total. The van der Waals surface area contributed by atoms with Crippen LogP contribution in [-0.4, -0.2) is 34.2 Å². The fraction of sp³-hybridized carbons (Fsp3) is 0.286. The van der Waals surface area contributed by atoms with Gasteiger partial charge in [0.15, 0.2) is 0 Å². The molecule has 13 heavy (non-hydrogen) atoms. The Hall–Kier alpha value is -1.85. The van der Waals surface area contributed by atoms with Gasteiger partial charge in [-0.2, -0.15) is 0 Å². The first kappa shape index (κ1) is 9.24. The van der Waals surface area contributed by atoms with Crippen LogP contribution in [0.5, 0.6) is 0 Å². The van der Waals surface area contributed by atoms with Crippen LogP contribution < -0.4 is 0 Å². The minimum atomic E-state index is -1.34. The molecule has 1 atom stereocenters. The van der Waals surface area contributed by atoms with Crippen molar-refractivity contribution in [2.24, 2.45) is 0 Å². The quantitative estimate of drug-likeness (QED) is 0.570. The number of carbonyl (C=O) groups is 3. The number of rotatable bonds is 3. The number of hydrogen-bond acceptors (Lipinski definition) is 4. The summed E-state index contributed by atoms with van der Waals surface area (Å²) >= 11 is 0. The lowest BCUT2D eigenvalue weighted by atomic mass is 10.1. The Morgan fingerprint density at radius 1 is 1.46 bits per heavy atom. The molecule has 0 aromatic heterocycles. The molecule has 0 radical (unpaired) electrons. The molecule has 1 aliphatic rings. The number of carboxylic acid groups (broad SMARTS) is 2. The molecule has 0 saturated carbocycles. The Balaban J connectivity index is 2.77. The molecular weight excluding hydrogens is 180 g/mol. The minimum Gasteiger partial charge on any atom is -0.481 e. The highest BCUT2D eigenvalue weighted by molar-refractivity contribution is 6.00. The van der Waals surface area contributed by atoms with Crippen LogP contribution in [0.2, 0.25) is 0 Å². The van der Waals surface area contributed by atoms with E-state index in [-0.39, 0.29) is 5.57 Å². The SMILES string of the molecule is O=C(O)C[C@@H]1OC(=O)C=C1C(=O)O. The summed E-state index contributed by atoms with van der Waals surface area (Å²) in [5, 5.41) is 16.9. The van der Waals surface area contributed by atoms with Crippen molar-refractivity contribution in [1.29, 1.82) is 0 Å². The Morgan fingerprint density at radius 2 is 2.08 bits per heavy atom. The first-order chi connectivity index (χ1) is 6.00. The van der Waals surface area contributed by atoms with E-state index in [4.69, 9.17) is 10.2 Å². The van der Waals surface area contributed by atoms with Gasteiger partial charge in [0.25, 0.3) is 0 Å². The number of esters is 1. The smallest absolute Gasteiger partial charge is 0.335 e. The van der Waals surface area contributed by atoms with Gasteiger partial charge < -0.3 is 14.9 Å². The average Bonchev–Trinajstić information content (AvgIpc) is 2.29. The van der Waals surface area contributed by atoms with E-state index in [1.165, 1.54) is 0 Å². The van der Waals surface area contributed by atoms with Crippen LogP contribution >= 0.6 is 0 Å². The van der Waals surface area contributed by atoms with Crippen LogP contribution in [0.25, 0.3) is 0 Å². The minimum absolute atomic E-state index is 0.313. The number of cyclic esters (lactones) is 1. The van der Waals surface area contributed by atoms with Gasteiger partial charge in [-0.3, -0.25) is 4.79 Å². The third-order valence-electron chi connectivity index (χ3n) is 1.49. The number of carbonyl (C=O) groups excluding carboxylic acids is 1. The zero-order valence-electron chi connectivity index (χ0n) is 6.39. The van der Waals surface area contributed by atoms with Crippen LogP contribution in [0.15, 0.2) is 11.6 Å². The van der Waals surface area contributed by atoms with Crippen molar-refractivity contribution in [3.05, 3.63) is 11.6 Å². The average molecular weight is 186 g/mol. The van der Waals surface area contributed by atoms with Crippen molar-refractivity contribution in [3.63, 3.8) is 0 Å². The molecule has 0 saturated heterocycles. The molecule has 0 spiro atoms. The summed E-state index contributed by atoms with van der Waals surface area (Å²) in [7, 11) is 0. The summed E-state index contributed by atoms with van der Waals surface area (Å²) in [6, 6.07) is 0. The molecule has 0 unspecified atom stereocenters. The molecule has 0 amide bonds. The maximum Gasteiger partial charge on any atom is 0.335 e. The first-order valence-electron chi connectivity index (χ1n) is 3.38. The van der Waals surface area contributed by atoms with E-state index < -0.39 is 30.4 Å². The summed E-state index contributed by atoms with van der Waals surface area (Å²) in [4.78, 5) is 31.3. The van der Waals surface area contributed by atoms with E-state index in [9.17, 15) is 14.4 Å². The van der Waals surface area contributed by atoms with Crippen molar-refractivity contribution in [2.45, 2.75) is 12.5 Å². The third-order valence-corrected chi connectivity index (χ3v) is 1.49. The molecule has 2 N–H and O–H groups in total. The fourth-order valence-corrected chi connectivity index (χ4v) is 0.967. The van der Waals surface area contributed by atoms with E-state index in [1.54, 1.807) is 0 Å². The van der Waals surface area contributed by atoms with Gasteiger partial charge >= 0.3 is 17.9 Å². The lowest BCUT2D eigenvalue weighted by Gasteiger charge is -2.07. The molecule has 0 aromatic rings. The number of carboxylic acids is 2. The summed E-state index contributed by atoms with van der Waals surface area (Å²) in [6.07, 6.45) is -0.901. The van der Waals surface area contributed by atoms with Gasteiger partial charge in [-0.1, -0.05) is 0 Å². The number of ether oxygens (including phenoxy) is 1. The molecule has 1 heterocycles. The van der Waals surface area contributed by atoms with Crippen molar-refractivity contribution in [3.8, 4) is 0 Å². The second-order valence-corrected chi connectivity index (χ2v) is 2.43. The molecule has 6 heteroatoms. The van der Waals surface area contributed by atoms with Gasteiger partial charge in [0, 0.05) is 6.08 Å². The van der Waals surface area contributed by atoms with Crippen LogP contribution in [0.3, 0.4) is 0 Å². The largest absolute Gasteiger partial charge is 0.481 e. The van der Waals surface area contributed by atoms with Crippen LogP contribution in [-0.2, 0) is 19.1 Å². The van der Waals surface area contributed by atoms with E-state index in [2.05, 4.69) is 4.74 Å². The summed E-state index contributed by atoms with van der Waals surface area (Å²) < 4.78 is 4.45. The van der Waals surface area contributed by atoms with Gasteiger partial charge in [0.2, 0.25) is 0 Å². The van der Waals surface area contributed by atoms with Crippen molar-refractivity contribution < 1.29 is 29.3 Å². The molecule has 0 aliphatic carbocycles. The zero-order chi connectivity index (χ0) is 10.0. The predicted octanol–water partition coefficient (Wildman–Crippen LogP) is -0.603. The monoisotopic (exact) mass is 186 g/mol. The normalized spacial score (nSPS) is 20.8. The predicted molar refractivity (Wildman–Crippen MR) is 37.9 cm³/mol. The molecular formula is C7H6O6. The highest BCUT2D eigenvalue weighted by Crippen LogP contribution is 2.18. The summed E-state index contributed by atoms with van der Waals surface area (Å²) in [6.45, 7) is 0. The van der Waals surface area contributed by atoms with Gasteiger partial charge in [-0.25, -0.2) is 9.59 Å². The fourth-order valence-electron chi connectivity index (χ4n) is 0.967. The third kappa shape index (κ3) is 2.05. The molecule has 0 bridgehead atoms. The van der Waals surface area contributed by atoms with Crippen molar-refractivity contribution in [2.75, 3.05) is 0 Å². The van der Waals surface area contributed by atoms with E-state index in [1.807, 2.05) is 0 Å². The lowest BCUT2D eigenvalue weighted by molar-refractivity contribution is -0.145. The number of hydrogen-bond donors (Lipinski definition) is 2. The second-order valence-electron chi connectivity index (χ2n) is 2.43. The summed E-state index contributed by atoms with van der Waals surface area (Å²) in [5.74, 6) is -3.37. The highest BCUT2D eigenvalue weighted by atomic mass is 16.6. The number of aliphatic carboxylic acids is 2. The molecule has 70 valence electrons. The van der Waals surface area contributed by atoms with Gasteiger partial charge in [-0.05, 0) is 0 Å². The first-order valence-corrected chi connectivity index (χ1v) is 3.38. The van der Waals surface area contributed by atoms with Crippen LogP contribution in [0, 0.1) is 0 Å². The lowest BCUT2D eigenvalue weighted by Crippen LogP contribution is -2.20. The summed E-state index contributed by atoms with van der Waals surface area (Å²) in [5.41, 5.74) is -0.313. The topological polar surface area (TPSA) is 101 Å². The van der Waals surface area contributed by atoms with E-state index in [0.717, 1.165) is 6.08 Å². The molecule has 0 aromatic carbocycles. The highest BCUT2D eigenvalue weighted by Gasteiger charge is 2.32. The van der Waals surface area contributed by atoms with Crippen molar-refractivity contribution >= 4 is 17.9 Å². The van der Waals surface area contributed by atoms with Gasteiger partial charge in [0.05, 0.1) is 12.0 Å². The Morgan fingerprint density at radius 3 is 2.54 bits per heavy atom. The Bertz CT molecular complexity index is 302. The van der Waals surface area contributed by atoms with Gasteiger partial charge in [0.1, 0.15) is 6.10 Å². The Kier molecular flexibility index (Phi) is 2.32. The van der Waals surface area contributed by atoms with Crippen LogP contribution in [0.4, 0.5) is 0 Å². The van der Waals surface area contributed by atoms with E-state index in [0.29, 0.717) is 0 Å². The standard InChI is InChI=1S/C7H6O6/c8-5(9)2-4-3(7(11)12)1-6(10)13-4/h1,4H,2H2,(H,8,9)(H,11,12)/t4-/m0/s1. The molecule has 0 fully saturated rings. The zero-order valence-corrected chi connectivity index (χ0v) is 6.39.